The lowest BCUT2D eigenvalue weighted by Gasteiger charge is -2.15. The van der Waals surface area contributed by atoms with E-state index in [0.717, 1.165) is 11.3 Å². The van der Waals surface area contributed by atoms with Gasteiger partial charge >= 0.3 is 0 Å². The Morgan fingerprint density at radius 2 is 1.97 bits per heavy atom. The van der Waals surface area contributed by atoms with Gasteiger partial charge in [0.1, 0.15) is 0 Å². The van der Waals surface area contributed by atoms with E-state index in [4.69, 9.17) is 11.6 Å². The van der Waals surface area contributed by atoms with Crippen LogP contribution in [0.25, 0.3) is 16.6 Å². The number of halogens is 1. The number of rotatable bonds is 5. The van der Waals surface area contributed by atoms with E-state index in [9.17, 15) is 9.59 Å². The summed E-state index contributed by atoms with van der Waals surface area (Å²) in [4.78, 5) is 34.6. The van der Waals surface area contributed by atoms with Crippen molar-refractivity contribution >= 4 is 56.6 Å². The van der Waals surface area contributed by atoms with Crippen molar-refractivity contribution in [1.82, 2.24) is 14.5 Å². The number of anilines is 1. The average molecular weight is 457 g/mol. The van der Waals surface area contributed by atoms with Crippen molar-refractivity contribution in [3.8, 4) is 5.69 Å². The molecule has 0 aliphatic rings. The van der Waals surface area contributed by atoms with Crippen LogP contribution in [0.3, 0.4) is 0 Å². The van der Waals surface area contributed by atoms with Crippen LogP contribution in [-0.4, -0.2) is 26.2 Å². The standard InChI is InChI=1S/C21H17ClN4O2S2/c1-12-10-29-20(23-12)25-18(27)11-30-21-24-16-8-4-3-6-14(16)19(28)26(21)17-9-5-7-15(22)13(17)2/h3-10H,11H2,1-2H3,(H,23,25,27). The van der Waals surface area contributed by atoms with Gasteiger partial charge in [0, 0.05) is 10.4 Å². The fourth-order valence-corrected chi connectivity index (χ4v) is 4.64. The normalized spacial score (nSPS) is 11.0. The SMILES string of the molecule is Cc1csc(NC(=O)CSc2nc3ccccc3c(=O)n2-c2cccc(Cl)c2C)n1. The van der Waals surface area contributed by atoms with Crippen molar-refractivity contribution < 1.29 is 4.79 Å². The second-order valence-corrected chi connectivity index (χ2v) is 8.77. The molecule has 0 spiro atoms. The summed E-state index contributed by atoms with van der Waals surface area (Å²) in [6.45, 7) is 3.72. The molecular formula is C21H17ClN4O2S2. The number of thioether (sulfide) groups is 1. The number of carbonyl (C=O) groups excluding carboxylic acids is 1. The van der Waals surface area contributed by atoms with Crippen LogP contribution in [0.15, 0.2) is 57.8 Å². The van der Waals surface area contributed by atoms with Gasteiger partial charge in [0.25, 0.3) is 5.56 Å². The van der Waals surface area contributed by atoms with Crippen LogP contribution >= 0.6 is 34.7 Å². The zero-order valence-electron chi connectivity index (χ0n) is 16.2. The van der Waals surface area contributed by atoms with E-state index in [1.165, 1.54) is 27.7 Å². The summed E-state index contributed by atoms with van der Waals surface area (Å²) in [6, 6.07) is 12.5. The predicted molar refractivity (Wildman–Crippen MR) is 123 cm³/mol. The largest absolute Gasteiger partial charge is 0.301 e. The zero-order valence-corrected chi connectivity index (χ0v) is 18.6. The Bertz CT molecular complexity index is 1320. The van der Waals surface area contributed by atoms with Crippen molar-refractivity contribution in [2.45, 2.75) is 19.0 Å². The fourth-order valence-electron chi connectivity index (χ4n) is 2.96. The van der Waals surface area contributed by atoms with Gasteiger partial charge in [-0.2, -0.15) is 0 Å². The topological polar surface area (TPSA) is 76.9 Å². The number of carbonyl (C=O) groups is 1. The van der Waals surface area contributed by atoms with E-state index in [2.05, 4.69) is 15.3 Å². The minimum atomic E-state index is -0.217. The number of para-hydroxylation sites is 1. The molecule has 0 bridgehead atoms. The Morgan fingerprint density at radius 3 is 2.73 bits per heavy atom. The quantitative estimate of drug-likeness (QED) is 0.343. The van der Waals surface area contributed by atoms with Crippen molar-refractivity contribution in [3.63, 3.8) is 0 Å². The number of nitrogens with zero attached hydrogens (tertiary/aromatic N) is 3. The van der Waals surface area contributed by atoms with E-state index >= 15 is 0 Å². The highest BCUT2D eigenvalue weighted by atomic mass is 35.5. The molecule has 2 aromatic carbocycles. The van der Waals surface area contributed by atoms with Gasteiger partial charge in [-0.25, -0.2) is 9.97 Å². The third-order valence-electron chi connectivity index (χ3n) is 4.42. The summed E-state index contributed by atoms with van der Waals surface area (Å²) >= 11 is 8.86. The highest BCUT2D eigenvalue weighted by Crippen LogP contribution is 2.26. The molecule has 0 fully saturated rings. The van der Waals surface area contributed by atoms with Crippen LogP contribution in [-0.2, 0) is 4.79 Å². The lowest BCUT2D eigenvalue weighted by molar-refractivity contribution is -0.113. The van der Waals surface area contributed by atoms with Gasteiger partial charge in [0.15, 0.2) is 10.3 Å². The van der Waals surface area contributed by atoms with Gasteiger partial charge in [-0.05, 0) is 43.7 Å². The first kappa shape index (κ1) is 20.6. The fraction of sp³-hybridized carbons (Fsp3) is 0.143. The van der Waals surface area contributed by atoms with E-state index in [0.29, 0.717) is 31.9 Å². The maximum absolute atomic E-state index is 13.3. The molecule has 2 heterocycles. The Kier molecular flexibility index (Phi) is 5.90. The van der Waals surface area contributed by atoms with Crippen LogP contribution in [0.4, 0.5) is 5.13 Å². The molecule has 0 atom stereocenters. The summed E-state index contributed by atoms with van der Waals surface area (Å²) < 4.78 is 1.52. The van der Waals surface area contributed by atoms with Crippen molar-refractivity contribution in [1.29, 1.82) is 0 Å². The first-order chi connectivity index (χ1) is 14.4. The van der Waals surface area contributed by atoms with Crippen LogP contribution in [0, 0.1) is 13.8 Å². The minimum absolute atomic E-state index is 0.0863. The lowest BCUT2D eigenvalue weighted by atomic mass is 10.2. The smallest absolute Gasteiger partial charge is 0.266 e. The lowest BCUT2D eigenvalue weighted by Crippen LogP contribution is -2.23. The van der Waals surface area contributed by atoms with E-state index < -0.39 is 0 Å². The van der Waals surface area contributed by atoms with Crippen LogP contribution in [0.5, 0.6) is 0 Å². The van der Waals surface area contributed by atoms with Crippen molar-refractivity contribution in [2.75, 3.05) is 11.1 Å². The number of benzene rings is 2. The van der Waals surface area contributed by atoms with Crippen LogP contribution in [0.1, 0.15) is 11.3 Å². The Morgan fingerprint density at radius 1 is 1.17 bits per heavy atom. The number of thiazole rings is 1. The molecule has 0 aliphatic carbocycles. The molecular weight excluding hydrogens is 440 g/mol. The number of hydrogen-bond donors (Lipinski definition) is 1. The van der Waals surface area contributed by atoms with Gasteiger partial charge in [0.05, 0.1) is 28.0 Å². The third-order valence-corrected chi connectivity index (χ3v) is 6.65. The number of aryl methyl sites for hydroxylation is 1. The maximum atomic E-state index is 13.3. The maximum Gasteiger partial charge on any atom is 0.266 e. The third kappa shape index (κ3) is 4.12. The van der Waals surface area contributed by atoms with Crippen molar-refractivity contribution in [2.24, 2.45) is 0 Å². The molecule has 0 radical (unpaired) electrons. The number of hydrogen-bond acceptors (Lipinski definition) is 6. The first-order valence-corrected chi connectivity index (χ1v) is 11.3. The number of amides is 1. The monoisotopic (exact) mass is 456 g/mol. The first-order valence-electron chi connectivity index (χ1n) is 9.06. The Labute approximate surface area is 185 Å². The molecule has 6 nitrogen and oxygen atoms in total. The molecule has 0 aliphatic heterocycles. The van der Waals surface area contributed by atoms with Gasteiger partial charge < -0.3 is 5.32 Å². The van der Waals surface area contributed by atoms with Gasteiger partial charge in [-0.3, -0.25) is 14.2 Å². The summed E-state index contributed by atoms with van der Waals surface area (Å²) in [6.07, 6.45) is 0. The summed E-state index contributed by atoms with van der Waals surface area (Å²) in [5, 5.41) is 6.68. The molecule has 2 aromatic heterocycles. The Hall–Kier alpha value is -2.68. The summed E-state index contributed by atoms with van der Waals surface area (Å²) in [7, 11) is 0. The second-order valence-electron chi connectivity index (χ2n) is 6.57. The molecule has 4 rings (SSSR count). The summed E-state index contributed by atoms with van der Waals surface area (Å²) in [5.74, 6) is -0.130. The molecule has 9 heteroatoms. The molecule has 0 saturated heterocycles. The van der Waals surface area contributed by atoms with Gasteiger partial charge in [-0.1, -0.05) is 41.6 Å². The molecule has 0 saturated carbocycles. The molecule has 30 heavy (non-hydrogen) atoms. The van der Waals surface area contributed by atoms with Crippen LogP contribution < -0.4 is 10.9 Å². The Balaban J connectivity index is 1.73. The molecule has 0 unspecified atom stereocenters. The second kappa shape index (κ2) is 8.59. The molecule has 1 amide bonds. The molecule has 1 N–H and O–H groups in total. The molecule has 152 valence electrons. The molecule has 4 aromatic rings. The van der Waals surface area contributed by atoms with E-state index in [-0.39, 0.29) is 17.2 Å². The van der Waals surface area contributed by atoms with E-state index in [1.54, 1.807) is 30.3 Å². The summed E-state index contributed by atoms with van der Waals surface area (Å²) in [5.41, 5.74) is 2.64. The van der Waals surface area contributed by atoms with Gasteiger partial charge in [-0.15, -0.1) is 11.3 Å². The highest BCUT2D eigenvalue weighted by molar-refractivity contribution is 7.99. The minimum Gasteiger partial charge on any atom is -0.301 e. The van der Waals surface area contributed by atoms with Gasteiger partial charge in [0.2, 0.25) is 5.91 Å². The number of nitrogens with one attached hydrogen (secondary N) is 1. The van der Waals surface area contributed by atoms with Crippen molar-refractivity contribution in [3.05, 3.63) is 74.5 Å². The van der Waals surface area contributed by atoms with Crippen LogP contribution in [0.2, 0.25) is 5.02 Å². The zero-order chi connectivity index (χ0) is 21.3. The van der Waals surface area contributed by atoms with E-state index in [1.807, 2.05) is 31.4 Å². The average Bonchev–Trinajstić information content (AvgIpc) is 3.13. The predicted octanol–water partition coefficient (Wildman–Crippen LogP) is 4.84. The number of fused-ring (bicyclic) bond motifs is 1. The highest BCUT2D eigenvalue weighted by Gasteiger charge is 2.17. The number of aromatic nitrogens is 3.